The molecule has 0 spiro atoms. The molecule has 2 rings (SSSR count). The zero-order valence-electron chi connectivity index (χ0n) is 6.83. The van der Waals surface area contributed by atoms with E-state index in [9.17, 15) is 0 Å². The van der Waals surface area contributed by atoms with E-state index in [-0.39, 0.29) is 0 Å². The summed E-state index contributed by atoms with van der Waals surface area (Å²) in [7, 11) is 0. The molecule has 0 bridgehead atoms. The van der Waals surface area contributed by atoms with Gasteiger partial charge in [0.15, 0.2) is 0 Å². The quantitative estimate of drug-likeness (QED) is 0.579. The Bertz CT molecular complexity index is 265. The number of fused-ring (bicyclic) bond motifs is 1. The van der Waals surface area contributed by atoms with Crippen LogP contribution < -0.4 is 5.32 Å². The molecule has 0 unspecified atom stereocenters. The normalized spacial score (nSPS) is 23.3. The van der Waals surface area contributed by atoms with Crippen molar-refractivity contribution in [3.05, 3.63) is 11.6 Å². The van der Waals surface area contributed by atoms with Crippen molar-refractivity contribution in [1.82, 2.24) is 20.1 Å². The second kappa shape index (κ2) is 2.30. The molecule has 0 saturated heterocycles. The molecule has 1 aliphatic heterocycles. The van der Waals surface area contributed by atoms with Crippen LogP contribution in [0.4, 0.5) is 0 Å². The van der Waals surface area contributed by atoms with Gasteiger partial charge >= 0.3 is 0 Å². The van der Waals surface area contributed by atoms with Crippen molar-refractivity contribution in [2.24, 2.45) is 0 Å². The number of nitrogens with zero attached hydrogens (tertiary/aromatic N) is 3. The van der Waals surface area contributed by atoms with Crippen LogP contribution in [-0.4, -0.2) is 21.3 Å². The molecule has 4 heteroatoms. The predicted molar refractivity (Wildman–Crippen MR) is 41.2 cm³/mol. The number of aromatic nitrogens is 3. The van der Waals surface area contributed by atoms with Gasteiger partial charge in [-0.3, -0.25) is 0 Å². The van der Waals surface area contributed by atoms with Gasteiger partial charge in [0.25, 0.3) is 0 Å². The molecule has 0 fully saturated rings. The maximum absolute atomic E-state index is 4.32. The van der Waals surface area contributed by atoms with Crippen molar-refractivity contribution in [2.75, 3.05) is 6.54 Å². The van der Waals surface area contributed by atoms with Crippen molar-refractivity contribution in [3.63, 3.8) is 0 Å². The van der Waals surface area contributed by atoms with Gasteiger partial charge < -0.3 is 5.32 Å². The minimum absolute atomic E-state index is 0.352. The lowest BCUT2D eigenvalue weighted by Crippen LogP contribution is -2.32. The van der Waals surface area contributed by atoms with Crippen LogP contribution in [0.3, 0.4) is 0 Å². The lowest BCUT2D eigenvalue weighted by molar-refractivity contribution is 0.411. The lowest BCUT2D eigenvalue weighted by atomic mass is 10.3. The Labute approximate surface area is 65.6 Å². The lowest BCUT2D eigenvalue weighted by Gasteiger charge is -2.19. The molecule has 4 nitrogen and oxygen atoms in total. The Morgan fingerprint density at radius 2 is 2.45 bits per heavy atom. The molecule has 1 N–H and O–H groups in total. The summed E-state index contributed by atoms with van der Waals surface area (Å²) < 4.78 is 1.98. The highest BCUT2D eigenvalue weighted by Crippen LogP contribution is 2.12. The van der Waals surface area contributed by atoms with E-state index in [0.29, 0.717) is 6.04 Å². The third-order valence-corrected chi connectivity index (χ3v) is 1.97. The number of rotatable bonds is 0. The number of hydrogen-bond donors (Lipinski definition) is 1. The van der Waals surface area contributed by atoms with Gasteiger partial charge in [0.05, 0.1) is 12.6 Å². The predicted octanol–water partition coefficient (Wildman–Crippen LogP) is 0.251. The average molecular weight is 152 g/mol. The Balaban J connectivity index is 2.43. The highest BCUT2D eigenvalue weighted by Gasteiger charge is 2.17. The van der Waals surface area contributed by atoms with Crippen LogP contribution in [-0.2, 0) is 6.54 Å². The third kappa shape index (κ3) is 1.03. The van der Waals surface area contributed by atoms with Gasteiger partial charge in [-0.25, -0.2) is 9.67 Å². The third-order valence-electron chi connectivity index (χ3n) is 1.97. The fraction of sp³-hybridized carbons (Fsp3) is 0.714. The molecule has 1 aromatic heterocycles. The summed E-state index contributed by atoms with van der Waals surface area (Å²) in [6.45, 7) is 5.98. The molecule has 0 amide bonds. The highest BCUT2D eigenvalue weighted by molar-refractivity contribution is 4.99. The Morgan fingerprint density at radius 3 is 3.18 bits per heavy atom. The van der Waals surface area contributed by atoms with Gasteiger partial charge in [-0.1, -0.05) is 0 Å². The van der Waals surface area contributed by atoms with E-state index in [2.05, 4.69) is 22.3 Å². The molecule has 1 aromatic rings. The summed E-state index contributed by atoms with van der Waals surface area (Å²) in [6, 6.07) is 0.352. The van der Waals surface area contributed by atoms with Crippen LogP contribution in [0.2, 0.25) is 0 Å². The van der Waals surface area contributed by atoms with Gasteiger partial charge in [0.1, 0.15) is 11.6 Å². The van der Waals surface area contributed by atoms with E-state index >= 15 is 0 Å². The molecule has 1 atom stereocenters. The highest BCUT2D eigenvalue weighted by atomic mass is 15.4. The Kier molecular flexibility index (Phi) is 1.42. The maximum atomic E-state index is 4.32. The summed E-state index contributed by atoms with van der Waals surface area (Å²) >= 11 is 0. The van der Waals surface area contributed by atoms with Crippen LogP contribution in [0.25, 0.3) is 0 Å². The Hall–Kier alpha value is -0.900. The Morgan fingerprint density at radius 1 is 1.64 bits per heavy atom. The van der Waals surface area contributed by atoms with E-state index in [4.69, 9.17) is 0 Å². The van der Waals surface area contributed by atoms with Crippen molar-refractivity contribution >= 4 is 0 Å². The van der Waals surface area contributed by atoms with Gasteiger partial charge in [-0.05, 0) is 13.8 Å². The van der Waals surface area contributed by atoms with Crippen LogP contribution in [0.15, 0.2) is 0 Å². The molecule has 0 radical (unpaired) electrons. The van der Waals surface area contributed by atoms with Gasteiger partial charge in [0.2, 0.25) is 0 Å². The first-order chi connectivity index (χ1) is 5.27. The van der Waals surface area contributed by atoms with Crippen molar-refractivity contribution < 1.29 is 0 Å². The number of nitrogens with one attached hydrogen (secondary N) is 1. The number of hydrogen-bond acceptors (Lipinski definition) is 3. The summed E-state index contributed by atoms with van der Waals surface area (Å²) in [5.41, 5.74) is 0. The van der Waals surface area contributed by atoms with Crippen molar-refractivity contribution in [2.45, 2.75) is 26.4 Å². The van der Waals surface area contributed by atoms with E-state index in [1.165, 1.54) is 0 Å². The SMILES string of the molecule is Cc1nc2n(n1)CCN[C@@H]2C. The fourth-order valence-corrected chi connectivity index (χ4v) is 1.43. The van der Waals surface area contributed by atoms with Gasteiger partial charge in [-0.2, -0.15) is 5.10 Å². The minimum Gasteiger partial charge on any atom is -0.306 e. The zero-order chi connectivity index (χ0) is 7.84. The van der Waals surface area contributed by atoms with Crippen molar-refractivity contribution in [1.29, 1.82) is 0 Å². The van der Waals surface area contributed by atoms with Crippen molar-refractivity contribution in [3.8, 4) is 0 Å². The zero-order valence-corrected chi connectivity index (χ0v) is 6.83. The number of aryl methyl sites for hydroxylation is 1. The van der Waals surface area contributed by atoms with Gasteiger partial charge in [0, 0.05) is 6.54 Å². The van der Waals surface area contributed by atoms with E-state index in [1.54, 1.807) is 0 Å². The monoisotopic (exact) mass is 152 g/mol. The van der Waals surface area contributed by atoms with Crippen LogP contribution in [0.5, 0.6) is 0 Å². The van der Waals surface area contributed by atoms with Crippen LogP contribution >= 0.6 is 0 Å². The maximum Gasteiger partial charge on any atom is 0.147 e. The van der Waals surface area contributed by atoms with E-state index in [0.717, 1.165) is 24.7 Å². The summed E-state index contributed by atoms with van der Waals surface area (Å²) in [4.78, 5) is 4.32. The first kappa shape index (κ1) is 6.79. The molecule has 0 aliphatic carbocycles. The summed E-state index contributed by atoms with van der Waals surface area (Å²) in [5.74, 6) is 1.93. The molecule has 0 aromatic carbocycles. The molecule has 1 aliphatic rings. The molecule has 2 heterocycles. The minimum atomic E-state index is 0.352. The molecule has 60 valence electrons. The molecular formula is C7H12N4. The molecule has 0 saturated carbocycles. The first-order valence-electron chi connectivity index (χ1n) is 3.92. The van der Waals surface area contributed by atoms with E-state index in [1.807, 2.05) is 11.6 Å². The average Bonchev–Trinajstić information content (AvgIpc) is 2.31. The van der Waals surface area contributed by atoms with Gasteiger partial charge in [-0.15, -0.1) is 0 Å². The smallest absolute Gasteiger partial charge is 0.147 e. The van der Waals surface area contributed by atoms with E-state index < -0.39 is 0 Å². The topological polar surface area (TPSA) is 42.7 Å². The molecule has 11 heavy (non-hydrogen) atoms. The van der Waals surface area contributed by atoms with Crippen LogP contribution in [0, 0.1) is 6.92 Å². The second-order valence-electron chi connectivity index (χ2n) is 2.92. The fourth-order valence-electron chi connectivity index (χ4n) is 1.43. The molecular weight excluding hydrogens is 140 g/mol. The standard InChI is InChI=1S/C7H12N4/c1-5-7-9-6(2)10-11(7)4-3-8-5/h5,8H,3-4H2,1-2H3/t5-/m1/s1. The summed E-state index contributed by atoms with van der Waals surface area (Å²) in [5, 5.41) is 7.60. The summed E-state index contributed by atoms with van der Waals surface area (Å²) in [6.07, 6.45) is 0. The second-order valence-corrected chi connectivity index (χ2v) is 2.92. The largest absolute Gasteiger partial charge is 0.306 e. The van der Waals surface area contributed by atoms with Crippen LogP contribution in [0.1, 0.15) is 24.6 Å². The first-order valence-corrected chi connectivity index (χ1v) is 3.92.